The predicted molar refractivity (Wildman–Crippen MR) is 110 cm³/mol. The number of carbonyl (C=O) groups is 1. The van der Waals surface area contributed by atoms with Gasteiger partial charge in [-0.05, 0) is 48.3 Å². The van der Waals surface area contributed by atoms with Crippen LogP contribution in [0.3, 0.4) is 0 Å². The number of hydrogen-bond acceptors (Lipinski definition) is 1. The molecule has 0 radical (unpaired) electrons. The summed E-state index contributed by atoms with van der Waals surface area (Å²) in [5.41, 5.74) is 3.73. The molecule has 2 rings (SSSR count). The second kappa shape index (κ2) is 10.2. The van der Waals surface area contributed by atoms with Crippen molar-refractivity contribution >= 4 is 5.91 Å². The van der Waals surface area contributed by atoms with Crippen molar-refractivity contribution in [1.82, 2.24) is 5.32 Å². The van der Waals surface area contributed by atoms with Crippen molar-refractivity contribution in [1.29, 1.82) is 0 Å². The minimum Gasteiger partial charge on any atom is -0.353 e. The van der Waals surface area contributed by atoms with E-state index >= 15 is 0 Å². The van der Waals surface area contributed by atoms with Crippen molar-refractivity contribution < 1.29 is 4.79 Å². The van der Waals surface area contributed by atoms with Crippen LogP contribution in [0, 0.1) is 5.92 Å². The molecule has 0 aromatic heterocycles. The summed E-state index contributed by atoms with van der Waals surface area (Å²) in [6, 6.07) is 19.2. The average molecular weight is 352 g/mol. The number of rotatable bonds is 9. The standard InChI is InChI=1S/C24H33NO/c1-5-22(17-19-10-8-7-9-11-19)25-24(26)23(6-2)21-14-12-20(13-15-21)16-18(3)4/h7-15,18,22-23H,5-6,16-17H2,1-4H3,(H,25,26)/t22-,23-/m0/s1. The number of nitrogens with one attached hydrogen (secondary N) is 1. The van der Waals surface area contributed by atoms with E-state index in [1.165, 1.54) is 11.1 Å². The fourth-order valence-electron chi connectivity index (χ4n) is 3.43. The quantitative estimate of drug-likeness (QED) is 0.633. The number of benzene rings is 2. The Morgan fingerprint density at radius 1 is 0.846 bits per heavy atom. The number of hydrogen-bond donors (Lipinski definition) is 1. The summed E-state index contributed by atoms with van der Waals surface area (Å²) in [7, 11) is 0. The van der Waals surface area contributed by atoms with E-state index in [9.17, 15) is 4.79 Å². The van der Waals surface area contributed by atoms with Gasteiger partial charge in [0.25, 0.3) is 0 Å². The predicted octanol–water partition coefficient (Wildman–Crippen LogP) is 5.52. The Balaban J connectivity index is 2.02. The van der Waals surface area contributed by atoms with Crippen LogP contribution in [0.1, 0.15) is 63.1 Å². The molecule has 0 aliphatic rings. The molecule has 26 heavy (non-hydrogen) atoms. The van der Waals surface area contributed by atoms with Gasteiger partial charge in [0.15, 0.2) is 0 Å². The lowest BCUT2D eigenvalue weighted by Crippen LogP contribution is -2.39. The lowest BCUT2D eigenvalue weighted by Gasteiger charge is -2.22. The highest BCUT2D eigenvalue weighted by atomic mass is 16.1. The van der Waals surface area contributed by atoms with Crippen LogP contribution < -0.4 is 5.32 Å². The Labute approximate surface area is 159 Å². The highest BCUT2D eigenvalue weighted by molar-refractivity contribution is 5.83. The van der Waals surface area contributed by atoms with E-state index in [1.54, 1.807) is 0 Å². The van der Waals surface area contributed by atoms with Gasteiger partial charge in [-0.25, -0.2) is 0 Å². The van der Waals surface area contributed by atoms with Gasteiger partial charge in [-0.15, -0.1) is 0 Å². The van der Waals surface area contributed by atoms with Crippen LogP contribution in [0.15, 0.2) is 54.6 Å². The molecule has 2 aromatic rings. The average Bonchev–Trinajstić information content (AvgIpc) is 2.63. The summed E-state index contributed by atoms with van der Waals surface area (Å²) < 4.78 is 0. The molecule has 0 bridgehead atoms. The molecule has 2 nitrogen and oxygen atoms in total. The first-order valence-electron chi connectivity index (χ1n) is 9.96. The van der Waals surface area contributed by atoms with E-state index in [0.29, 0.717) is 5.92 Å². The van der Waals surface area contributed by atoms with Crippen LogP contribution in [-0.2, 0) is 17.6 Å². The fourth-order valence-corrected chi connectivity index (χ4v) is 3.43. The van der Waals surface area contributed by atoms with Crippen molar-refractivity contribution in [3.05, 3.63) is 71.3 Å². The Bertz CT molecular complexity index is 660. The lowest BCUT2D eigenvalue weighted by molar-refractivity contribution is -0.123. The van der Waals surface area contributed by atoms with Gasteiger partial charge in [0.05, 0.1) is 5.92 Å². The molecule has 0 heterocycles. The largest absolute Gasteiger partial charge is 0.353 e. The molecule has 0 spiro atoms. The van der Waals surface area contributed by atoms with Crippen LogP contribution >= 0.6 is 0 Å². The zero-order chi connectivity index (χ0) is 18.9. The minimum atomic E-state index is -0.0760. The molecule has 0 aliphatic carbocycles. The summed E-state index contributed by atoms with van der Waals surface area (Å²) >= 11 is 0. The normalized spacial score (nSPS) is 13.4. The van der Waals surface area contributed by atoms with Crippen LogP contribution in [0.4, 0.5) is 0 Å². The summed E-state index contributed by atoms with van der Waals surface area (Å²) in [4.78, 5) is 12.9. The Hall–Kier alpha value is -2.09. The Morgan fingerprint density at radius 3 is 2.00 bits per heavy atom. The third-order valence-corrected chi connectivity index (χ3v) is 4.91. The van der Waals surface area contributed by atoms with Gasteiger partial charge in [-0.2, -0.15) is 0 Å². The first-order valence-corrected chi connectivity index (χ1v) is 9.96. The topological polar surface area (TPSA) is 29.1 Å². The number of carbonyl (C=O) groups excluding carboxylic acids is 1. The molecular weight excluding hydrogens is 318 g/mol. The molecule has 2 atom stereocenters. The van der Waals surface area contributed by atoms with Crippen molar-refractivity contribution in [2.24, 2.45) is 5.92 Å². The summed E-state index contributed by atoms with van der Waals surface area (Å²) in [5.74, 6) is 0.717. The Kier molecular flexibility index (Phi) is 7.90. The van der Waals surface area contributed by atoms with Gasteiger partial charge < -0.3 is 5.32 Å². The molecule has 0 fully saturated rings. The van der Waals surface area contributed by atoms with Gasteiger partial charge in [0.1, 0.15) is 0 Å². The SMILES string of the molecule is CC[C@@H](Cc1ccccc1)NC(=O)[C@@H](CC)c1ccc(CC(C)C)cc1. The molecule has 1 amide bonds. The van der Waals surface area contributed by atoms with Crippen molar-refractivity contribution in [3.8, 4) is 0 Å². The minimum absolute atomic E-state index is 0.0760. The molecule has 0 aliphatic heterocycles. The molecule has 140 valence electrons. The Morgan fingerprint density at radius 2 is 1.46 bits per heavy atom. The summed E-state index contributed by atoms with van der Waals surface area (Å²) in [6.07, 6.45) is 3.71. The number of amides is 1. The van der Waals surface area contributed by atoms with Gasteiger partial charge >= 0.3 is 0 Å². The second-order valence-electron chi connectivity index (χ2n) is 7.60. The van der Waals surface area contributed by atoms with Gasteiger partial charge in [-0.1, -0.05) is 82.3 Å². The van der Waals surface area contributed by atoms with Crippen molar-refractivity contribution in [2.75, 3.05) is 0 Å². The maximum Gasteiger partial charge on any atom is 0.227 e. The second-order valence-corrected chi connectivity index (χ2v) is 7.60. The van der Waals surface area contributed by atoms with Crippen molar-refractivity contribution in [3.63, 3.8) is 0 Å². The van der Waals surface area contributed by atoms with Crippen LogP contribution in [0.25, 0.3) is 0 Å². The first-order chi connectivity index (χ1) is 12.5. The molecular formula is C24H33NO. The lowest BCUT2D eigenvalue weighted by atomic mass is 9.92. The zero-order valence-corrected chi connectivity index (χ0v) is 16.7. The van der Waals surface area contributed by atoms with E-state index < -0.39 is 0 Å². The highest BCUT2D eigenvalue weighted by Crippen LogP contribution is 2.22. The van der Waals surface area contributed by atoms with E-state index in [4.69, 9.17) is 0 Å². The van der Waals surface area contributed by atoms with Crippen LogP contribution in [0.5, 0.6) is 0 Å². The third-order valence-electron chi connectivity index (χ3n) is 4.91. The molecule has 0 saturated heterocycles. The molecule has 2 heteroatoms. The summed E-state index contributed by atoms with van der Waals surface area (Å²) in [6.45, 7) is 8.68. The maximum atomic E-state index is 12.9. The van der Waals surface area contributed by atoms with Gasteiger partial charge in [0, 0.05) is 6.04 Å². The van der Waals surface area contributed by atoms with Crippen LogP contribution in [-0.4, -0.2) is 11.9 Å². The molecule has 0 unspecified atom stereocenters. The zero-order valence-electron chi connectivity index (χ0n) is 16.7. The summed E-state index contributed by atoms with van der Waals surface area (Å²) in [5, 5.41) is 3.27. The molecule has 0 saturated carbocycles. The third kappa shape index (κ3) is 6.01. The van der Waals surface area contributed by atoms with E-state index in [2.05, 4.69) is 81.5 Å². The maximum absolute atomic E-state index is 12.9. The van der Waals surface area contributed by atoms with Crippen molar-refractivity contribution in [2.45, 2.75) is 65.3 Å². The monoisotopic (exact) mass is 351 g/mol. The molecule has 1 N–H and O–H groups in total. The first kappa shape index (κ1) is 20.2. The van der Waals surface area contributed by atoms with Crippen LogP contribution in [0.2, 0.25) is 0 Å². The van der Waals surface area contributed by atoms with E-state index in [1.807, 2.05) is 6.07 Å². The van der Waals surface area contributed by atoms with Gasteiger partial charge in [0.2, 0.25) is 5.91 Å². The smallest absolute Gasteiger partial charge is 0.227 e. The highest BCUT2D eigenvalue weighted by Gasteiger charge is 2.21. The van der Waals surface area contributed by atoms with E-state index in [0.717, 1.165) is 31.2 Å². The van der Waals surface area contributed by atoms with Gasteiger partial charge in [-0.3, -0.25) is 4.79 Å². The van der Waals surface area contributed by atoms with E-state index in [-0.39, 0.29) is 17.9 Å². The fraction of sp³-hybridized carbons (Fsp3) is 0.458. The molecule has 2 aromatic carbocycles.